The minimum Gasteiger partial charge on any atom is -0.314 e. The van der Waals surface area contributed by atoms with Gasteiger partial charge in [0, 0.05) is 11.8 Å². The maximum absolute atomic E-state index is 11.5. The molecule has 0 aromatic carbocycles. The number of nitrogens with two attached hydrogens (primary N) is 1. The van der Waals surface area contributed by atoms with Gasteiger partial charge < -0.3 is 5.73 Å². The van der Waals surface area contributed by atoms with Gasteiger partial charge in [-0.05, 0) is 32.6 Å². The van der Waals surface area contributed by atoms with Crippen molar-refractivity contribution in [3.63, 3.8) is 0 Å². The Hall–Kier alpha value is -1.26. The first-order valence-corrected chi connectivity index (χ1v) is 7.02. The zero-order valence-corrected chi connectivity index (χ0v) is 11.2. The van der Waals surface area contributed by atoms with Crippen molar-refractivity contribution in [1.82, 2.24) is 14.8 Å². The molecule has 1 fully saturated rings. The lowest BCUT2D eigenvalue weighted by atomic mass is 10.0. The fourth-order valence-corrected chi connectivity index (χ4v) is 2.66. The highest BCUT2D eigenvalue weighted by atomic mass is 32.2. The maximum Gasteiger partial charge on any atom is 0.344 e. The number of aromatic nitrogens is 3. The summed E-state index contributed by atoms with van der Waals surface area (Å²) in [5.74, 6) is 0.811. The second-order valence-electron chi connectivity index (χ2n) is 4.89. The Bertz CT molecular complexity index is 508. The van der Waals surface area contributed by atoms with Crippen LogP contribution in [0.25, 0.3) is 0 Å². The van der Waals surface area contributed by atoms with Crippen molar-refractivity contribution in [2.75, 3.05) is 5.75 Å². The molecule has 1 atom stereocenters. The van der Waals surface area contributed by atoms with E-state index < -0.39 is 5.54 Å². The van der Waals surface area contributed by atoms with Crippen molar-refractivity contribution in [1.29, 1.82) is 5.26 Å². The Morgan fingerprint density at radius 2 is 2.44 bits per heavy atom. The maximum atomic E-state index is 11.5. The lowest BCUT2D eigenvalue weighted by Gasteiger charge is -2.14. The number of aromatic amines is 1. The summed E-state index contributed by atoms with van der Waals surface area (Å²) < 4.78 is 1.73. The van der Waals surface area contributed by atoms with Gasteiger partial charge in [-0.25, -0.2) is 9.89 Å². The fraction of sp³-hybridized carbons (Fsp3) is 0.727. The van der Waals surface area contributed by atoms with Crippen LogP contribution >= 0.6 is 11.8 Å². The molecular formula is C11H17N5OS. The molecule has 0 spiro atoms. The second kappa shape index (κ2) is 5.16. The van der Waals surface area contributed by atoms with Gasteiger partial charge >= 0.3 is 5.69 Å². The molecule has 0 radical (unpaired) electrons. The predicted octanol–water partition coefficient (Wildman–Crippen LogP) is 1.02. The fourth-order valence-electron chi connectivity index (χ4n) is 1.71. The normalized spacial score (nSPS) is 18.3. The molecule has 6 nitrogen and oxygen atoms in total. The van der Waals surface area contributed by atoms with Crippen LogP contribution < -0.4 is 11.4 Å². The number of nitriles is 1. The molecule has 0 amide bonds. The molecular weight excluding hydrogens is 250 g/mol. The van der Waals surface area contributed by atoms with Gasteiger partial charge in [0.05, 0.1) is 6.07 Å². The number of nitrogens with one attached hydrogen (secondary N) is 1. The molecule has 1 saturated carbocycles. The molecule has 7 heteroatoms. The van der Waals surface area contributed by atoms with Crippen LogP contribution in [0.1, 0.15) is 38.6 Å². The summed E-state index contributed by atoms with van der Waals surface area (Å²) in [4.78, 5) is 11.5. The molecule has 1 aromatic rings. The predicted molar refractivity (Wildman–Crippen MR) is 69.3 cm³/mol. The summed E-state index contributed by atoms with van der Waals surface area (Å²) in [6.07, 6.45) is 3.59. The Balaban J connectivity index is 1.84. The summed E-state index contributed by atoms with van der Waals surface area (Å²) >= 11 is 1.54. The van der Waals surface area contributed by atoms with Crippen molar-refractivity contribution in [2.24, 2.45) is 5.73 Å². The highest BCUT2D eigenvalue weighted by Gasteiger charge is 2.28. The van der Waals surface area contributed by atoms with Crippen LogP contribution in [0.4, 0.5) is 0 Å². The van der Waals surface area contributed by atoms with Gasteiger partial charge in [-0.15, -0.1) is 5.10 Å². The van der Waals surface area contributed by atoms with Crippen molar-refractivity contribution in [3.05, 3.63) is 10.5 Å². The molecule has 98 valence electrons. The summed E-state index contributed by atoms with van der Waals surface area (Å²) in [6, 6.07) is 2.41. The summed E-state index contributed by atoms with van der Waals surface area (Å²) in [5.41, 5.74) is 4.85. The van der Waals surface area contributed by atoms with E-state index in [9.17, 15) is 4.79 Å². The van der Waals surface area contributed by atoms with Crippen molar-refractivity contribution in [2.45, 2.75) is 49.3 Å². The standard InChI is InChI=1S/C11H17N5OS/c1-11(13,7-12)5-2-6-18-10-15-14-9(17)16(10)8-3-4-8/h8H,2-6,13H2,1H3,(H,14,17). The Morgan fingerprint density at radius 3 is 3.06 bits per heavy atom. The molecule has 1 aliphatic carbocycles. The molecule has 1 heterocycles. The molecule has 1 aliphatic rings. The average Bonchev–Trinajstić information content (AvgIpc) is 3.10. The minimum absolute atomic E-state index is 0.124. The topological polar surface area (TPSA) is 100 Å². The van der Waals surface area contributed by atoms with Crippen molar-refractivity contribution < 1.29 is 0 Å². The van der Waals surface area contributed by atoms with E-state index in [1.54, 1.807) is 23.3 Å². The number of rotatable bonds is 6. The van der Waals surface area contributed by atoms with Crippen LogP contribution in [-0.2, 0) is 0 Å². The molecule has 18 heavy (non-hydrogen) atoms. The summed E-state index contributed by atoms with van der Waals surface area (Å²) in [6.45, 7) is 1.73. The summed E-state index contributed by atoms with van der Waals surface area (Å²) in [5, 5.41) is 16.1. The zero-order chi connectivity index (χ0) is 13.2. The van der Waals surface area contributed by atoms with Crippen LogP contribution in [0.3, 0.4) is 0 Å². The molecule has 2 rings (SSSR count). The first-order valence-electron chi connectivity index (χ1n) is 6.03. The largest absolute Gasteiger partial charge is 0.344 e. The number of hydrogen-bond donors (Lipinski definition) is 2. The highest BCUT2D eigenvalue weighted by Crippen LogP contribution is 2.36. The number of nitrogens with zero attached hydrogens (tertiary/aromatic N) is 3. The third-order valence-corrected chi connectivity index (χ3v) is 3.95. The first-order chi connectivity index (χ1) is 8.53. The lowest BCUT2D eigenvalue weighted by molar-refractivity contribution is 0.540. The van der Waals surface area contributed by atoms with Gasteiger partial charge in [0.2, 0.25) is 0 Å². The van der Waals surface area contributed by atoms with E-state index in [-0.39, 0.29) is 5.69 Å². The van der Waals surface area contributed by atoms with E-state index in [0.29, 0.717) is 12.5 Å². The van der Waals surface area contributed by atoms with E-state index >= 15 is 0 Å². The average molecular weight is 267 g/mol. The first kappa shape index (κ1) is 13.2. The number of thioether (sulfide) groups is 1. The Morgan fingerprint density at radius 1 is 1.72 bits per heavy atom. The molecule has 0 saturated heterocycles. The number of H-pyrrole nitrogens is 1. The quantitative estimate of drug-likeness (QED) is 0.592. The van der Waals surface area contributed by atoms with E-state index in [1.807, 2.05) is 0 Å². The smallest absolute Gasteiger partial charge is 0.314 e. The van der Waals surface area contributed by atoms with Crippen LogP contribution in [-0.4, -0.2) is 26.1 Å². The zero-order valence-electron chi connectivity index (χ0n) is 10.3. The molecule has 0 bridgehead atoms. The minimum atomic E-state index is -0.762. The van der Waals surface area contributed by atoms with E-state index in [0.717, 1.165) is 30.2 Å². The van der Waals surface area contributed by atoms with Gasteiger partial charge in [0.1, 0.15) is 5.54 Å². The van der Waals surface area contributed by atoms with E-state index in [1.165, 1.54) is 0 Å². The Kier molecular flexibility index (Phi) is 3.78. The van der Waals surface area contributed by atoms with E-state index in [4.69, 9.17) is 11.0 Å². The molecule has 1 aromatic heterocycles. The SMILES string of the molecule is CC(N)(C#N)CCCSc1n[nH]c(=O)n1C1CC1. The molecule has 3 N–H and O–H groups in total. The molecule has 1 unspecified atom stereocenters. The monoisotopic (exact) mass is 267 g/mol. The van der Waals surface area contributed by atoms with Crippen molar-refractivity contribution >= 4 is 11.8 Å². The van der Waals surface area contributed by atoms with Crippen LogP contribution in [0.2, 0.25) is 0 Å². The van der Waals surface area contributed by atoms with Gasteiger partial charge in [-0.1, -0.05) is 11.8 Å². The van der Waals surface area contributed by atoms with E-state index in [2.05, 4.69) is 16.3 Å². The van der Waals surface area contributed by atoms with Crippen LogP contribution in [0, 0.1) is 11.3 Å². The summed E-state index contributed by atoms with van der Waals surface area (Å²) in [7, 11) is 0. The van der Waals surface area contributed by atoms with Gasteiger partial charge in [0.25, 0.3) is 0 Å². The lowest BCUT2D eigenvalue weighted by Crippen LogP contribution is -2.33. The number of hydrogen-bond acceptors (Lipinski definition) is 5. The third-order valence-electron chi connectivity index (χ3n) is 2.91. The van der Waals surface area contributed by atoms with Crippen molar-refractivity contribution in [3.8, 4) is 6.07 Å². The second-order valence-corrected chi connectivity index (χ2v) is 5.96. The van der Waals surface area contributed by atoms with Gasteiger partial charge in [-0.3, -0.25) is 4.57 Å². The van der Waals surface area contributed by atoms with Gasteiger partial charge in [0.15, 0.2) is 5.16 Å². The Labute approximate surface area is 110 Å². The highest BCUT2D eigenvalue weighted by molar-refractivity contribution is 7.99. The molecule has 0 aliphatic heterocycles. The van der Waals surface area contributed by atoms with Gasteiger partial charge in [-0.2, -0.15) is 5.26 Å². The third kappa shape index (κ3) is 3.15. The van der Waals surface area contributed by atoms with Crippen LogP contribution in [0.15, 0.2) is 9.95 Å². The van der Waals surface area contributed by atoms with Crippen LogP contribution in [0.5, 0.6) is 0 Å².